The van der Waals surface area contributed by atoms with Gasteiger partial charge in [0.2, 0.25) is 5.91 Å². The molecule has 1 fully saturated rings. The number of amides is 1. The summed E-state index contributed by atoms with van der Waals surface area (Å²) >= 11 is 0. The fourth-order valence-electron chi connectivity index (χ4n) is 2.42. The summed E-state index contributed by atoms with van der Waals surface area (Å²) in [6.07, 6.45) is 5.17. The van der Waals surface area contributed by atoms with E-state index in [9.17, 15) is 14.9 Å². The molecule has 2 N–H and O–H groups in total. The number of carbonyl (C=O) groups excluding carboxylic acids is 1. The van der Waals surface area contributed by atoms with Gasteiger partial charge in [-0.25, -0.2) is 0 Å². The summed E-state index contributed by atoms with van der Waals surface area (Å²) in [5.41, 5.74) is 0.880. The molecule has 1 unspecified atom stereocenters. The van der Waals surface area contributed by atoms with Crippen LogP contribution in [-0.2, 0) is 4.79 Å². The molecule has 0 bridgehead atoms. The Bertz CT molecular complexity index is 534. The molecule has 0 spiro atoms. The van der Waals surface area contributed by atoms with Crippen LogP contribution in [0, 0.1) is 10.1 Å². The zero-order valence-electron chi connectivity index (χ0n) is 13.5. The van der Waals surface area contributed by atoms with E-state index in [0.29, 0.717) is 19.5 Å². The van der Waals surface area contributed by atoms with Crippen molar-refractivity contribution in [1.82, 2.24) is 5.32 Å². The highest BCUT2D eigenvalue weighted by atomic mass is 33.1. The largest absolute Gasteiger partial charge is 0.383 e. The normalized spacial score (nSPS) is 16.8. The van der Waals surface area contributed by atoms with Crippen LogP contribution in [-0.4, -0.2) is 34.9 Å². The smallest absolute Gasteiger partial charge is 0.269 e. The topological polar surface area (TPSA) is 84.3 Å². The number of carbonyl (C=O) groups is 1. The van der Waals surface area contributed by atoms with Crippen molar-refractivity contribution in [3.8, 4) is 0 Å². The summed E-state index contributed by atoms with van der Waals surface area (Å²) in [5, 5.41) is 17.4. The lowest BCUT2D eigenvalue weighted by Crippen LogP contribution is -2.28. The van der Waals surface area contributed by atoms with Gasteiger partial charge in [0, 0.05) is 48.3 Å². The monoisotopic (exact) mass is 369 g/mol. The van der Waals surface area contributed by atoms with E-state index < -0.39 is 4.92 Å². The van der Waals surface area contributed by atoms with Crippen molar-refractivity contribution in [2.75, 3.05) is 24.2 Å². The van der Waals surface area contributed by atoms with Gasteiger partial charge in [0.25, 0.3) is 5.69 Å². The molecule has 1 atom stereocenters. The van der Waals surface area contributed by atoms with Gasteiger partial charge < -0.3 is 10.6 Å². The van der Waals surface area contributed by atoms with Gasteiger partial charge in [0.15, 0.2) is 0 Å². The molecule has 1 aliphatic rings. The Labute approximate surface area is 150 Å². The van der Waals surface area contributed by atoms with E-state index in [4.69, 9.17) is 0 Å². The molecule has 0 aromatic heterocycles. The molecule has 1 amide bonds. The second-order valence-electron chi connectivity index (χ2n) is 5.66. The molecular weight excluding hydrogens is 346 g/mol. The minimum atomic E-state index is -0.422. The molecule has 24 heavy (non-hydrogen) atoms. The highest BCUT2D eigenvalue weighted by molar-refractivity contribution is 8.77. The van der Waals surface area contributed by atoms with Gasteiger partial charge in [-0.1, -0.05) is 28.0 Å². The Balaban J connectivity index is 1.50. The number of non-ortho nitro benzene ring substituents is 1. The zero-order chi connectivity index (χ0) is 17.2. The minimum Gasteiger partial charge on any atom is -0.383 e. The summed E-state index contributed by atoms with van der Waals surface area (Å²) < 4.78 is 0. The molecule has 6 nitrogen and oxygen atoms in total. The first kappa shape index (κ1) is 18.9. The molecule has 1 aliphatic heterocycles. The van der Waals surface area contributed by atoms with Crippen molar-refractivity contribution >= 4 is 38.9 Å². The van der Waals surface area contributed by atoms with E-state index in [0.717, 1.165) is 23.8 Å². The fraction of sp³-hybridized carbons (Fsp3) is 0.562. The predicted octanol–water partition coefficient (Wildman–Crippen LogP) is 3.84. The second kappa shape index (κ2) is 10.5. The highest BCUT2D eigenvalue weighted by Crippen LogP contribution is 2.39. The Morgan fingerprint density at radius 1 is 1.25 bits per heavy atom. The van der Waals surface area contributed by atoms with Crippen molar-refractivity contribution in [3.63, 3.8) is 0 Å². The summed E-state index contributed by atoms with van der Waals surface area (Å²) in [4.78, 5) is 21.9. The molecule has 132 valence electrons. The third-order valence-electron chi connectivity index (χ3n) is 3.76. The second-order valence-corrected chi connectivity index (χ2v) is 8.44. The van der Waals surface area contributed by atoms with Gasteiger partial charge in [-0.05, 0) is 31.4 Å². The first-order valence-corrected chi connectivity index (χ1v) is 10.6. The van der Waals surface area contributed by atoms with E-state index in [1.165, 1.54) is 30.7 Å². The van der Waals surface area contributed by atoms with Gasteiger partial charge in [0.05, 0.1) is 4.92 Å². The van der Waals surface area contributed by atoms with E-state index in [1.54, 1.807) is 12.1 Å². The molecule has 1 aromatic rings. The molecule has 1 heterocycles. The van der Waals surface area contributed by atoms with Crippen molar-refractivity contribution in [2.45, 2.75) is 37.4 Å². The summed E-state index contributed by atoms with van der Waals surface area (Å²) in [6, 6.07) is 6.25. The van der Waals surface area contributed by atoms with E-state index in [1.807, 2.05) is 21.6 Å². The molecule has 0 saturated carbocycles. The van der Waals surface area contributed by atoms with Crippen LogP contribution in [0.4, 0.5) is 11.4 Å². The third-order valence-corrected chi connectivity index (χ3v) is 6.77. The summed E-state index contributed by atoms with van der Waals surface area (Å²) in [5.74, 6) is 1.35. The standard InChI is InChI=1S/C16H23N3O3S2/c20-16(4-2-1-3-15-9-12-23-24-15)18-11-10-17-13-5-7-14(8-6-13)19(21)22/h5-8,15,17H,1-4,9-12H2,(H,18,20). The number of rotatable bonds is 10. The quantitative estimate of drug-likeness (QED) is 0.282. The maximum atomic E-state index is 11.7. The predicted molar refractivity (Wildman–Crippen MR) is 102 cm³/mol. The van der Waals surface area contributed by atoms with Crippen LogP contribution in [0.25, 0.3) is 0 Å². The molecule has 2 rings (SSSR count). The lowest BCUT2D eigenvalue weighted by molar-refractivity contribution is -0.384. The molecule has 0 aliphatic carbocycles. The van der Waals surface area contributed by atoms with Gasteiger partial charge >= 0.3 is 0 Å². The maximum absolute atomic E-state index is 11.7. The first-order valence-electron chi connectivity index (χ1n) is 8.18. The molecule has 1 aromatic carbocycles. The third kappa shape index (κ3) is 7.00. The van der Waals surface area contributed by atoms with E-state index in [2.05, 4.69) is 10.6 Å². The lowest BCUT2D eigenvalue weighted by atomic mass is 10.1. The number of unbranched alkanes of at least 4 members (excludes halogenated alkanes) is 1. The molecule has 8 heteroatoms. The first-order chi connectivity index (χ1) is 11.6. The van der Waals surface area contributed by atoms with Crippen LogP contribution in [0.5, 0.6) is 0 Å². The average Bonchev–Trinajstić information content (AvgIpc) is 3.09. The van der Waals surface area contributed by atoms with Gasteiger partial charge in [-0.15, -0.1) is 0 Å². The van der Waals surface area contributed by atoms with E-state index >= 15 is 0 Å². The van der Waals surface area contributed by atoms with Crippen LogP contribution >= 0.6 is 21.6 Å². The summed E-state index contributed by atoms with van der Waals surface area (Å²) in [6.45, 7) is 1.14. The fourth-order valence-corrected chi connectivity index (χ4v) is 5.45. The van der Waals surface area contributed by atoms with Crippen molar-refractivity contribution in [2.24, 2.45) is 0 Å². The molecular formula is C16H23N3O3S2. The SMILES string of the molecule is O=C(CCCCC1CCSS1)NCCNc1ccc([N+](=O)[O-])cc1. The van der Waals surface area contributed by atoms with Crippen LogP contribution < -0.4 is 10.6 Å². The van der Waals surface area contributed by atoms with Crippen LogP contribution in [0.2, 0.25) is 0 Å². The van der Waals surface area contributed by atoms with Gasteiger partial charge in [-0.2, -0.15) is 0 Å². The Morgan fingerprint density at radius 3 is 2.71 bits per heavy atom. The number of hydrogen-bond donors (Lipinski definition) is 2. The zero-order valence-corrected chi connectivity index (χ0v) is 15.2. The van der Waals surface area contributed by atoms with Crippen molar-refractivity contribution in [3.05, 3.63) is 34.4 Å². The number of nitro groups is 1. The maximum Gasteiger partial charge on any atom is 0.269 e. The van der Waals surface area contributed by atoms with Crippen molar-refractivity contribution in [1.29, 1.82) is 0 Å². The number of nitro benzene ring substituents is 1. The Kier molecular flexibility index (Phi) is 8.24. The van der Waals surface area contributed by atoms with Crippen molar-refractivity contribution < 1.29 is 9.72 Å². The number of nitrogens with zero attached hydrogens (tertiary/aromatic N) is 1. The lowest BCUT2D eigenvalue weighted by Gasteiger charge is -2.09. The van der Waals surface area contributed by atoms with Gasteiger partial charge in [0.1, 0.15) is 0 Å². The number of nitrogens with one attached hydrogen (secondary N) is 2. The molecule has 1 saturated heterocycles. The van der Waals surface area contributed by atoms with Crippen LogP contribution in [0.1, 0.15) is 32.1 Å². The average molecular weight is 370 g/mol. The Hall–Kier alpha value is -1.41. The number of hydrogen-bond acceptors (Lipinski definition) is 6. The van der Waals surface area contributed by atoms with Crippen LogP contribution in [0.15, 0.2) is 24.3 Å². The minimum absolute atomic E-state index is 0.0726. The number of benzene rings is 1. The highest BCUT2D eigenvalue weighted by Gasteiger charge is 2.15. The summed E-state index contributed by atoms with van der Waals surface area (Å²) in [7, 11) is 3.95. The number of anilines is 1. The van der Waals surface area contributed by atoms with E-state index in [-0.39, 0.29) is 11.6 Å². The molecule has 0 radical (unpaired) electrons. The van der Waals surface area contributed by atoms with Crippen LogP contribution in [0.3, 0.4) is 0 Å². The Morgan fingerprint density at radius 2 is 2.04 bits per heavy atom. The van der Waals surface area contributed by atoms with Gasteiger partial charge in [-0.3, -0.25) is 14.9 Å².